The molecule has 0 aliphatic heterocycles. The van der Waals surface area contributed by atoms with Crippen LogP contribution in [0.3, 0.4) is 0 Å². The van der Waals surface area contributed by atoms with Gasteiger partial charge in [-0.25, -0.2) is 0 Å². The summed E-state index contributed by atoms with van der Waals surface area (Å²) < 4.78 is 5.94. The minimum absolute atomic E-state index is 0.236. The van der Waals surface area contributed by atoms with Crippen molar-refractivity contribution >= 4 is 12.3 Å². The number of rotatable bonds is 16. The zero-order chi connectivity index (χ0) is 23.2. The third-order valence-corrected chi connectivity index (χ3v) is 5.69. The van der Waals surface area contributed by atoms with Crippen LogP contribution in [0.25, 0.3) is 0 Å². The number of nitrogens with zero attached hydrogens (tertiary/aromatic N) is 1. The van der Waals surface area contributed by atoms with Gasteiger partial charge in [-0.15, -0.1) is 0 Å². The fraction of sp³-hybridized carbons (Fsp3) is 0.520. The van der Waals surface area contributed by atoms with Crippen molar-refractivity contribution in [3.8, 4) is 5.75 Å². The maximum atomic E-state index is 11.2. The van der Waals surface area contributed by atoms with Gasteiger partial charge in [0.15, 0.2) is 0 Å². The van der Waals surface area contributed by atoms with Gasteiger partial charge in [0, 0.05) is 50.2 Å². The van der Waals surface area contributed by atoms with E-state index in [1.54, 1.807) is 13.2 Å². The van der Waals surface area contributed by atoms with Gasteiger partial charge in [0.25, 0.3) is 0 Å². The molecular weight excluding hydrogens is 404 g/mol. The monoisotopic (exact) mass is 442 g/mol. The van der Waals surface area contributed by atoms with Crippen molar-refractivity contribution in [1.82, 2.24) is 15.5 Å². The average Bonchev–Trinajstić information content (AvgIpc) is 3.66. The minimum atomic E-state index is -0.236. The van der Waals surface area contributed by atoms with Crippen LogP contribution < -0.4 is 21.1 Å². The number of carbonyl (C=O) groups excluding carboxylic acids is 2. The molecule has 1 aromatic carbocycles. The molecule has 32 heavy (non-hydrogen) atoms. The van der Waals surface area contributed by atoms with Crippen molar-refractivity contribution in [2.24, 2.45) is 11.7 Å². The third kappa shape index (κ3) is 9.45. The Kier molecular flexibility index (Phi) is 11.2. The van der Waals surface area contributed by atoms with Crippen LogP contribution in [0.15, 0.2) is 48.4 Å². The zero-order valence-electron chi connectivity index (χ0n) is 19.4. The molecule has 176 valence electrons. The number of amides is 2. The van der Waals surface area contributed by atoms with Gasteiger partial charge in [-0.3, -0.25) is 9.59 Å². The number of ether oxygens (including phenoxy) is 1. The topological polar surface area (TPSA) is 96.7 Å². The van der Waals surface area contributed by atoms with Gasteiger partial charge < -0.3 is 26.0 Å². The summed E-state index contributed by atoms with van der Waals surface area (Å²) in [5.74, 6) is 1.83. The van der Waals surface area contributed by atoms with Crippen molar-refractivity contribution in [2.45, 2.75) is 51.4 Å². The van der Waals surface area contributed by atoms with Crippen LogP contribution >= 0.6 is 0 Å². The Hall–Kier alpha value is -2.96. The molecule has 0 saturated heterocycles. The number of hydrogen-bond acceptors (Lipinski definition) is 5. The summed E-state index contributed by atoms with van der Waals surface area (Å²) in [5, 5.41) is 5.98. The van der Waals surface area contributed by atoms with E-state index in [1.807, 2.05) is 6.07 Å². The Balaban J connectivity index is 1.75. The van der Waals surface area contributed by atoms with E-state index in [0.29, 0.717) is 12.5 Å². The lowest BCUT2D eigenvalue weighted by molar-refractivity contribution is -0.116. The number of allylic oxidation sites excluding steroid dienone is 1. The second-order valence-corrected chi connectivity index (χ2v) is 8.24. The predicted molar refractivity (Wildman–Crippen MR) is 128 cm³/mol. The van der Waals surface area contributed by atoms with Crippen LogP contribution in [0.2, 0.25) is 0 Å². The molecule has 2 rings (SSSR count). The van der Waals surface area contributed by atoms with Gasteiger partial charge in [-0.05, 0) is 62.1 Å². The molecule has 1 aliphatic carbocycles. The first-order valence-electron chi connectivity index (χ1n) is 11.6. The second kappa shape index (κ2) is 14.2. The van der Waals surface area contributed by atoms with Crippen molar-refractivity contribution in [3.63, 3.8) is 0 Å². The van der Waals surface area contributed by atoms with Crippen molar-refractivity contribution in [1.29, 1.82) is 0 Å². The Bertz CT molecular complexity index is 774. The van der Waals surface area contributed by atoms with E-state index in [9.17, 15) is 9.59 Å². The number of benzene rings is 1. The second-order valence-electron chi connectivity index (χ2n) is 8.24. The van der Waals surface area contributed by atoms with Gasteiger partial charge in [-0.1, -0.05) is 19.1 Å². The highest BCUT2D eigenvalue weighted by Crippen LogP contribution is 2.30. The number of unbranched alkanes of at least 4 members (excludes halogenated alkanes) is 1. The third-order valence-electron chi connectivity index (χ3n) is 5.69. The normalized spacial score (nSPS) is 14.8. The maximum Gasteiger partial charge on any atom is 0.245 e. The highest BCUT2D eigenvalue weighted by Gasteiger charge is 2.22. The Morgan fingerprint density at radius 2 is 2.16 bits per heavy atom. The fourth-order valence-corrected chi connectivity index (χ4v) is 3.36. The lowest BCUT2D eigenvalue weighted by Crippen LogP contribution is -2.22. The molecule has 7 heteroatoms. The first-order valence-corrected chi connectivity index (χ1v) is 11.6. The van der Waals surface area contributed by atoms with E-state index in [2.05, 4.69) is 35.8 Å². The van der Waals surface area contributed by atoms with Gasteiger partial charge in [0.2, 0.25) is 12.3 Å². The van der Waals surface area contributed by atoms with E-state index >= 15 is 0 Å². The largest absolute Gasteiger partial charge is 0.493 e. The van der Waals surface area contributed by atoms with E-state index in [4.69, 9.17) is 10.5 Å². The lowest BCUT2D eigenvalue weighted by atomic mass is 9.96. The molecule has 1 aromatic rings. The first-order chi connectivity index (χ1) is 15.6. The molecule has 1 aliphatic rings. The molecule has 1 fully saturated rings. The van der Waals surface area contributed by atoms with Crippen LogP contribution in [-0.4, -0.2) is 44.0 Å². The highest BCUT2D eigenvalue weighted by atomic mass is 16.5. The minimum Gasteiger partial charge on any atom is -0.493 e. The van der Waals surface area contributed by atoms with Gasteiger partial charge in [0.1, 0.15) is 5.75 Å². The molecule has 1 saturated carbocycles. The van der Waals surface area contributed by atoms with Crippen LogP contribution in [0.1, 0.15) is 56.9 Å². The molecular formula is C25H38N4O3. The number of hydrogen-bond donors (Lipinski definition) is 3. The summed E-state index contributed by atoms with van der Waals surface area (Å²) in [5.41, 5.74) is 8.11. The van der Waals surface area contributed by atoms with E-state index in [1.165, 1.54) is 35.6 Å². The molecule has 1 atom stereocenters. The molecule has 4 N–H and O–H groups in total. The quantitative estimate of drug-likeness (QED) is 0.207. The van der Waals surface area contributed by atoms with Crippen molar-refractivity contribution < 1.29 is 14.3 Å². The van der Waals surface area contributed by atoms with E-state index < -0.39 is 0 Å². The first kappa shape index (κ1) is 25.3. The fourth-order valence-electron chi connectivity index (χ4n) is 3.36. The summed E-state index contributed by atoms with van der Waals surface area (Å²) in [6, 6.07) is 8.41. The van der Waals surface area contributed by atoms with Crippen LogP contribution in [0.4, 0.5) is 0 Å². The van der Waals surface area contributed by atoms with Gasteiger partial charge in [0.05, 0.1) is 6.61 Å². The number of nitrogens with one attached hydrogen (secondary N) is 2. The van der Waals surface area contributed by atoms with E-state index in [-0.39, 0.29) is 5.91 Å². The molecule has 7 nitrogen and oxygen atoms in total. The van der Waals surface area contributed by atoms with Crippen LogP contribution in [0, 0.1) is 5.92 Å². The average molecular weight is 443 g/mol. The number of carbonyl (C=O) groups is 2. The van der Waals surface area contributed by atoms with E-state index in [0.717, 1.165) is 62.6 Å². The summed E-state index contributed by atoms with van der Waals surface area (Å²) in [4.78, 5) is 23.8. The Labute approximate surface area is 192 Å². The summed E-state index contributed by atoms with van der Waals surface area (Å²) in [6.45, 7) is 4.37. The Morgan fingerprint density at radius 1 is 1.34 bits per heavy atom. The SMILES string of the molecule is CCC(CN/C(=C\N)CCCCN(C=O)/C=C\C(=O)NC)c1cccc(OCC2CC2)c1. The predicted octanol–water partition coefficient (Wildman–Crippen LogP) is 3.25. The molecule has 0 bridgehead atoms. The number of likely N-dealkylation sites (N-methyl/N-ethyl adjacent to an activating group) is 1. The van der Waals surface area contributed by atoms with Gasteiger partial charge in [-0.2, -0.15) is 0 Å². The van der Waals surface area contributed by atoms with Crippen molar-refractivity contribution in [3.05, 3.63) is 54.0 Å². The molecule has 0 aromatic heterocycles. The zero-order valence-corrected chi connectivity index (χ0v) is 19.4. The van der Waals surface area contributed by atoms with Crippen molar-refractivity contribution in [2.75, 3.05) is 26.7 Å². The summed E-state index contributed by atoms with van der Waals surface area (Å²) in [6.07, 6.45) is 11.3. The molecule has 0 spiro atoms. The summed E-state index contributed by atoms with van der Waals surface area (Å²) in [7, 11) is 1.55. The highest BCUT2D eigenvalue weighted by molar-refractivity contribution is 5.87. The number of nitrogens with two attached hydrogens (primary N) is 1. The van der Waals surface area contributed by atoms with Crippen LogP contribution in [0.5, 0.6) is 5.75 Å². The lowest BCUT2D eigenvalue weighted by Gasteiger charge is -2.20. The standard InChI is InChI=1S/C25H38N4O3/c1-3-21(22-7-6-9-24(15-22)32-18-20-10-11-20)17-28-23(16-26)8-4-5-13-29(19-30)14-12-25(31)27-2/h6-7,9,12,14-16,19-21,28H,3-5,8,10-11,13,17-18,26H2,1-2H3,(H,27,31)/b14-12-,23-16-. The molecule has 2 amide bonds. The Morgan fingerprint density at radius 3 is 2.81 bits per heavy atom. The molecule has 0 heterocycles. The van der Waals surface area contributed by atoms with Crippen LogP contribution in [-0.2, 0) is 9.59 Å². The molecule has 1 unspecified atom stereocenters. The summed E-state index contributed by atoms with van der Waals surface area (Å²) >= 11 is 0. The maximum absolute atomic E-state index is 11.2. The smallest absolute Gasteiger partial charge is 0.245 e. The molecule has 0 radical (unpaired) electrons. The van der Waals surface area contributed by atoms with Gasteiger partial charge >= 0.3 is 0 Å².